The molecule has 2 atom stereocenters. The van der Waals surface area contributed by atoms with E-state index in [2.05, 4.69) is 5.32 Å². The highest BCUT2D eigenvalue weighted by atomic mass is 16.5. The molecule has 0 aromatic rings. The summed E-state index contributed by atoms with van der Waals surface area (Å²) >= 11 is 0. The molecule has 1 aliphatic carbocycles. The van der Waals surface area contributed by atoms with E-state index in [1.54, 1.807) is 0 Å². The highest BCUT2D eigenvalue weighted by Crippen LogP contribution is 2.34. The first-order valence-electron chi connectivity index (χ1n) is 6.64. The monoisotopic (exact) mass is 211 g/mol. The van der Waals surface area contributed by atoms with Crippen molar-refractivity contribution in [3.05, 3.63) is 0 Å². The van der Waals surface area contributed by atoms with E-state index in [0.717, 1.165) is 24.5 Å². The topological polar surface area (TPSA) is 21.3 Å². The molecule has 0 radical (unpaired) electrons. The largest absolute Gasteiger partial charge is 0.384 e. The summed E-state index contributed by atoms with van der Waals surface area (Å²) in [6.45, 7) is 2.18. The fourth-order valence-electron chi connectivity index (χ4n) is 3.41. The van der Waals surface area contributed by atoms with E-state index in [-0.39, 0.29) is 0 Å². The first-order valence-corrected chi connectivity index (χ1v) is 6.64. The van der Waals surface area contributed by atoms with E-state index in [1.807, 2.05) is 7.11 Å². The number of hydrogen-bond acceptors (Lipinski definition) is 2. The molecule has 0 spiro atoms. The lowest BCUT2D eigenvalue weighted by Gasteiger charge is -2.33. The van der Waals surface area contributed by atoms with Crippen LogP contribution < -0.4 is 5.32 Å². The maximum absolute atomic E-state index is 5.43. The molecule has 88 valence electrons. The zero-order valence-electron chi connectivity index (χ0n) is 10.0. The quantitative estimate of drug-likeness (QED) is 0.771. The normalized spacial score (nSPS) is 30.6. The molecular weight excluding hydrogens is 186 g/mol. The Labute approximate surface area is 93.8 Å². The van der Waals surface area contributed by atoms with Gasteiger partial charge in [0.2, 0.25) is 0 Å². The van der Waals surface area contributed by atoms with Gasteiger partial charge in [-0.2, -0.15) is 0 Å². The van der Waals surface area contributed by atoms with Crippen LogP contribution in [0.3, 0.4) is 0 Å². The maximum atomic E-state index is 5.43. The summed E-state index contributed by atoms with van der Waals surface area (Å²) in [6, 6.07) is 0.744. The molecule has 1 saturated heterocycles. The molecule has 2 rings (SSSR count). The fourth-order valence-corrected chi connectivity index (χ4v) is 3.41. The summed E-state index contributed by atoms with van der Waals surface area (Å²) in [5, 5.41) is 3.66. The van der Waals surface area contributed by atoms with Crippen LogP contribution in [0.1, 0.15) is 44.9 Å². The summed E-state index contributed by atoms with van der Waals surface area (Å²) in [4.78, 5) is 0. The van der Waals surface area contributed by atoms with E-state index < -0.39 is 0 Å². The Morgan fingerprint density at radius 2 is 1.93 bits per heavy atom. The standard InChI is InChI=1S/C13H25NO/c1-15-10-12(13-8-5-9-14-13)11-6-3-2-4-7-11/h11-14H,2-10H2,1H3. The second-order valence-electron chi connectivity index (χ2n) is 5.22. The third-order valence-electron chi connectivity index (χ3n) is 4.23. The van der Waals surface area contributed by atoms with Crippen LogP contribution in [0.2, 0.25) is 0 Å². The Morgan fingerprint density at radius 3 is 2.53 bits per heavy atom. The first-order chi connectivity index (χ1) is 7.42. The lowest BCUT2D eigenvalue weighted by molar-refractivity contribution is 0.0834. The smallest absolute Gasteiger partial charge is 0.0508 e. The lowest BCUT2D eigenvalue weighted by atomic mass is 9.76. The Morgan fingerprint density at radius 1 is 1.13 bits per heavy atom. The van der Waals surface area contributed by atoms with Crippen molar-refractivity contribution in [2.75, 3.05) is 20.3 Å². The molecule has 1 N–H and O–H groups in total. The SMILES string of the molecule is COCC(C1CCCCC1)C1CCCN1. The average molecular weight is 211 g/mol. The molecule has 0 amide bonds. The van der Waals surface area contributed by atoms with E-state index in [9.17, 15) is 0 Å². The van der Waals surface area contributed by atoms with Crippen molar-refractivity contribution in [1.29, 1.82) is 0 Å². The van der Waals surface area contributed by atoms with Crippen LogP contribution >= 0.6 is 0 Å². The van der Waals surface area contributed by atoms with Gasteiger partial charge in [-0.25, -0.2) is 0 Å². The van der Waals surface area contributed by atoms with Crippen molar-refractivity contribution in [3.8, 4) is 0 Å². The third-order valence-corrected chi connectivity index (χ3v) is 4.23. The highest BCUT2D eigenvalue weighted by Gasteiger charge is 2.31. The van der Waals surface area contributed by atoms with Gasteiger partial charge in [-0.15, -0.1) is 0 Å². The minimum Gasteiger partial charge on any atom is -0.384 e. The highest BCUT2D eigenvalue weighted by molar-refractivity contribution is 4.86. The van der Waals surface area contributed by atoms with Crippen molar-refractivity contribution in [1.82, 2.24) is 5.32 Å². The number of ether oxygens (including phenoxy) is 1. The zero-order chi connectivity index (χ0) is 10.5. The number of rotatable bonds is 4. The van der Waals surface area contributed by atoms with Gasteiger partial charge in [-0.1, -0.05) is 32.1 Å². The molecule has 2 heteroatoms. The van der Waals surface area contributed by atoms with Gasteiger partial charge in [-0.3, -0.25) is 0 Å². The molecule has 2 fully saturated rings. The van der Waals surface area contributed by atoms with E-state index >= 15 is 0 Å². The van der Waals surface area contributed by atoms with Crippen molar-refractivity contribution in [2.24, 2.45) is 11.8 Å². The number of nitrogens with one attached hydrogen (secondary N) is 1. The fraction of sp³-hybridized carbons (Fsp3) is 1.00. The van der Waals surface area contributed by atoms with Crippen molar-refractivity contribution in [2.45, 2.75) is 51.0 Å². The summed E-state index contributed by atoms with van der Waals surface area (Å²) < 4.78 is 5.43. The molecule has 1 aliphatic heterocycles. The van der Waals surface area contributed by atoms with Crippen molar-refractivity contribution in [3.63, 3.8) is 0 Å². The van der Waals surface area contributed by atoms with Gasteiger partial charge in [0, 0.05) is 19.1 Å². The Kier molecular flexibility index (Phi) is 4.45. The van der Waals surface area contributed by atoms with E-state index in [4.69, 9.17) is 4.74 Å². The molecule has 0 bridgehead atoms. The number of methoxy groups -OCH3 is 1. The zero-order valence-corrected chi connectivity index (χ0v) is 10.0. The van der Waals surface area contributed by atoms with Crippen LogP contribution in [0.25, 0.3) is 0 Å². The lowest BCUT2D eigenvalue weighted by Crippen LogP contribution is -2.38. The average Bonchev–Trinajstić information content (AvgIpc) is 2.80. The van der Waals surface area contributed by atoms with Gasteiger partial charge in [0.05, 0.1) is 6.61 Å². The molecule has 15 heavy (non-hydrogen) atoms. The van der Waals surface area contributed by atoms with Crippen LogP contribution in [0, 0.1) is 11.8 Å². The van der Waals surface area contributed by atoms with Crippen molar-refractivity contribution < 1.29 is 4.74 Å². The molecule has 2 aliphatic rings. The van der Waals surface area contributed by atoms with Gasteiger partial charge in [0.1, 0.15) is 0 Å². The molecule has 1 saturated carbocycles. The Bertz CT molecular complexity index is 171. The first kappa shape index (κ1) is 11.4. The molecule has 0 aromatic heterocycles. The predicted molar refractivity (Wildman–Crippen MR) is 63.0 cm³/mol. The van der Waals surface area contributed by atoms with Crippen LogP contribution in [0.4, 0.5) is 0 Å². The second-order valence-corrected chi connectivity index (χ2v) is 5.22. The van der Waals surface area contributed by atoms with Crippen LogP contribution in [-0.2, 0) is 4.74 Å². The summed E-state index contributed by atoms with van der Waals surface area (Å²) in [5.74, 6) is 1.70. The minimum absolute atomic E-state index is 0.744. The van der Waals surface area contributed by atoms with Gasteiger partial charge in [0.15, 0.2) is 0 Å². The Hall–Kier alpha value is -0.0800. The molecule has 2 unspecified atom stereocenters. The molecular formula is C13H25NO. The second kappa shape index (κ2) is 5.86. The predicted octanol–water partition coefficient (Wildman–Crippen LogP) is 2.58. The van der Waals surface area contributed by atoms with Crippen LogP contribution in [0.15, 0.2) is 0 Å². The Balaban J connectivity index is 1.90. The third kappa shape index (κ3) is 2.94. The minimum atomic E-state index is 0.744. The molecule has 2 nitrogen and oxygen atoms in total. The van der Waals surface area contributed by atoms with Crippen LogP contribution in [-0.4, -0.2) is 26.3 Å². The molecule has 1 heterocycles. The van der Waals surface area contributed by atoms with Gasteiger partial charge in [0.25, 0.3) is 0 Å². The maximum Gasteiger partial charge on any atom is 0.0508 e. The summed E-state index contributed by atoms with van der Waals surface area (Å²) in [5.41, 5.74) is 0. The number of hydrogen-bond donors (Lipinski definition) is 1. The van der Waals surface area contributed by atoms with Gasteiger partial charge < -0.3 is 10.1 Å². The molecule has 0 aromatic carbocycles. The van der Waals surface area contributed by atoms with Crippen molar-refractivity contribution >= 4 is 0 Å². The van der Waals surface area contributed by atoms with Gasteiger partial charge in [-0.05, 0) is 25.3 Å². The van der Waals surface area contributed by atoms with Gasteiger partial charge >= 0.3 is 0 Å². The summed E-state index contributed by atoms with van der Waals surface area (Å²) in [6.07, 6.45) is 9.93. The van der Waals surface area contributed by atoms with E-state index in [1.165, 1.54) is 51.5 Å². The van der Waals surface area contributed by atoms with E-state index in [0.29, 0.717) is 0 Å². The summed E-state index contributed by atoms with van der Waals surface area (Å²) in [7, 11) is 1.85. The van der Waals surface area contributed by atoms with Crippen LogP contribution in [0.5, 0.6) is 0 Å².